The molecule has 2 aromatic heterocycles. The Labute approximate surface area is 398 Å². The van der Waals surface area contributed by atoms with E-state index in [4.69, 9.17) is 19.4 Å². The zero-order valence-corrected chi connectivity index (χ0v) is 40.3. The molecule has 2 atom stereocenters. The summed E-state index contributed by atoms with van der Waals surface area (Å²) in [5.41, 5.74) is 7.36. The monoisotopic (exact) mass is 918 g/mol. The van der Waals surface area contributed by atoms with Gasteiger partial charge in [-0.05, 0) is 48.2 Å². The number of imidazole rings is 2. The summed E-state index contributed by atoms with van der Waals surface area (Å²) in [5, 5.41) is 6.02. The van der Waals surface area contributed by atoms with Gasteiger partial charge < -0.3 is 39.9 Å². The fraction of sp³-hybridized carbons (Fsp3) is 0.370. The van der Waals surface area contributed by atoms with Crippen molar-refractivity contribution in [1.29, 1.82) is 0 Å². The largest absolute Gasteiger partial charge is 0.488 e. The van der Waals surface area contributed by atoms with Gasteiger partial charge in [0.15, 0.2) is 0 Å². The Morgan fingerprint density at radius 3 is 1.34 bits per heavy atom. The molecular weight excluding hydrogens is 857 g/mol. The van der Waals surface area contributed by atoms with Crippen LogP contribution < -0.4 is 20.1 Å². The SMILES string of the molecule is CCCN(Cc1ncc(-c2cc3c4c(c2)OCc2cc(-c5cnc(CN(CCC)C(=O)C(NC(=O)C(C)(C)C)c6ccccc6)[nH]5)cc(c2-4)OC3)[nH]1)C(=O)C(NC(=O)C(C)(C)C)c1ccccc1. The molecule has 68 heavy (non-hydrogen) atoms. The summed E-state index contributed by atoms with van der Waals surface area (Å²) in [7, 11) is 0. The average Bonchev–Trinajstić information content (AvgIpc) is 4.01. The molecule has 4 amide bonds. The summed E-state index contributed by atoms with van der Waals surface area (Å²) in [5.74, 6) is 1.91. The molecule has 4 aromatic carbocycles. The van der Waals surface area contributed by atoms with Gasteiger partial charge in [-0.1, -0.05) is 116 Å². The van der Waals surface area contributed by atoms with E-state index in [1.165, 1.54) is 0 Å². The number of hydrogen-bond donors (Lipinski definition) is 4. The number of aromatic nitrogens is 4. The summed E-state index contributed by atoms with van der Waals surface area (Å²) >= 11 is 0. The second-order valence-corrected chi connectivity index (χ2v) is 19.7. The van der Waals surface area contributed by atoms with Crippen molar-refractivity contribution in [2.24, 2.45) is 10.8 Å². The molecule has 2 aliphatic rings. The van der Waals surface area contributed by atoms with Gasteiger partial charge in [0.1, 0.15) is 48.4 Å². The van der Waals surface area contributed by atoms with E-state index in [2.05, 4.69) is 32.7 Å². The van der Waals surface area contributed by atoms with Crippen LogP contribution in [0.25, 0.3) is 33.6 Å². The van der Waals surface area contributed by atoms with Crippen molar-refractivity contribution in [3.8, 4) is 45.1 Å². The third kappa shape index (κ3) is 10.2. The van der Waals surface area contributed by atoms with E-state index in [0.717, 1.165) is 80.2 Å². The molecule has 2 unspecified atom stereocenters. The topological polar surface area (TPSA) is 175 Å². The van der Waals surface area contributed by atoms with Gasteiger partial charge in [0.25, 0.3) is 0 Å². The van der Waals surface area contributed by atoms with Crippen LogP contribution >= 0.6 is 0 Å². The Morgan fingerprint density at radius 1 is 0.603 bits per heavy atom. The van der Waals surface area contributed by atoms with E-state index >= 15 is 0 Å². The Balaban J connectivity index is 0.998. The van der Waals surface area contributed by atoms with Crippen LogP contribution in [0, 0.1) is 10.8 Å². The van der Waals surface area contributed by atoms with Crippen LogP contribution in [0.15, 0.2) is 97.3 Å². The lowest BCUT2D eigenvalue weighted by atomic mass is 9.87. The molecule has 0 saturated carbocycles. The highest BCUT2D eigenvalue weighted by Gasteiger charge is 2.35. The van der Waals surface area contributed by atoms with E-state index in [1.807, 2.05) is 128 Å². The van der Waals surface area contributed by atoms with E-state index in [0.29, 0.717) is 38.0 Å². The molecule has 0 saturated heterocycles. The Kier molecular flexibility index (Phi) is 13.6. The Hall–Kier alpha value is -7.22. The molecule has 4 N–H and O–H groups in total. The lowest BCUT2D eigenvalue weighted by Crippen LogP contribution is -2.46. The third-order valence-corrected chi connectivity index (χ3v) is 12.2. The molecule has 0 radical (unpaired) electrons. The zero-order chi connectivity index (χ0) is 48.3. The van der Waals surface area contributed by atoms with Crippen molar-refractivity contribution in [2.45, 2.75) is 107 Å². The van der Waals surface area contributed by atoms with Crippen molar-refractivity contribution in [2.75, 3.05) is 13.1 Å². The molecule has 4 heterocycles. The van der Waals surface area contributed by atoms with E-state index < -0.39 is 22.9 Å². The Bertz CT molecular complexity index is 2560. The first-order valence-corrected chi connectivity index (χ1v) is 23.5. The minimum atomic E-state index is -0.844. The van der Waals surface area contributed by atoms with Crippen molar-refractivity contribution in [3.05, 3.63) is 131 Å². The number of nitrogens with one attached hydrogen (secondary N) is 4. The van der Waals surface area contributed by atoms with Crippen LogP contribution in [0.2, 0.25) is 0 Å². The molecule has 14 nitrogen and oxygen atoms in total. The fourth-order valence-electron chi connectivity index (χ4n) is 8.53. The molecule has 0 aliphatic carbocycles. The van der Waals surface area contributed by atoms with Gasteiger partial charge in [-0.25, -0.2) is 9.97 Å². The van der Waals surface area contributed by atoms with Crippen molar-refractivity contribution < 1.29 is 28.7 Å². The molecular formula is C54H62N8O6. The number of rotatable bonds is 16. The maximum absolute atomic E-state index is 14.2. The van der Waals surface area contributed by atoms with E-state index in [9.17, 15) is 19.2 Å². The number of carbonyl (C=O) groups excluding carboxylic acids is 4. The highest BCUT2D eigenvalue weighted by atomic mass is 16.5. The lowest BCUT2D eigenvalue weighted by Gasteiger charge is -2.30. The van der Waals surface area contributed by atoms with Gasteiger partial charge in [-0.15, -0.1) is 0 Å². The summed E-state index contributed by atoms with van der Waals surface area (Å²) in [4.78, 5) is 74.6. The van der Waals surface area contributed by atoms with Gasteiger partial charge in [-0.3, -0.25) is 19.2 Å². The number of ether oxygens (including phenoxy) is 2. The van der Waals surface area contributed by atoms with Gasteiger partial charge in [0, 0.05) is 57.3 Å². The van der Waals surface area contributed by atoms with Crippen LogP contribution in [0.5, 0.6) is 11.5 Å². The molecule has 354 valence electrons. The lowest BCUT2D eigenvalue weighted by molar-refractivity contribution is -0.139. The second kappa shape index (κ2) is 19.6. The molecule has 0 bridgehead atoms. The zero-order valence-electron chi connectivity index (χ0n) is 40.3. The maximum Gasteiger partial charge on any atom is 0.250 e. The minimum Gasteiger partial charge on any atom is -0.488 e. The first-order valence-electron chi connectivity index (χ1n) is 23.5. The molecule has 8 rings (SSSR count). The normalized spacial score (nSPS) is 13.6. The predicted octanol–water partition coefficient (Wildman–Crippen LogP) is 9.20. The van der Waals surface area contributed by atoms with Gasteiger partial charge >= 0.3 is 0 Å². The van der Waals surface area contributed by atoms with E-state index in [1.54, 1.807) is 22.2 Å². The maximum atomic E-state index is 14.2. The molecule has 6 aromatic rings. The number of nitrogens with zero attached hydrogens (tertiary/aromatic N) is 4. The quantitative estimate of drug-likeness (QED) is 0.0744. The number of carbonyl (C=O) groups is 4. The first-order chi connectivity index (χ1) is 32.5. The number of H-pyrrole nitrogens is 2. The summed E-state index contributed by atoms with van der Waals surface area (Å²) in [6.45, 7) is 17.1. The third-order valence-electron chi connectivity index (χ3n) is 12.2. The van der Waals surface area contributed by atoms with Crippen LogP contribution in [0.3, 0.4) is 0 Å². The number of aromatic amines is 2. The highest BCUT2D eigenvalue weighted by Crippen LogP contribution is 2.50. The van der Waals surface area contributed by atoms with E-state index in [-0.39, 0.29) is 36.7 Å². The van der Waals surface area contributed by atoms with Crippen LogP contribution in [-0.4, -0.2) is 66.5 Å². The molecule has 0 spiro atoms. The second-order valence-electron chi connectivity index (χ2n) is 19.7. The fourth-order valence-corrected chi connectivity index (χ4v) is 8.53. The molecule has 14 heteroatoms. The van der Waals surface area contributed by atoms with Crippen LogP contribution in [-0.2, 0) is 45.5 Å². The van der Waals surface area contributed by atoms with Crippen molar-refractivity contribution in [1.82, 2.24) is 40.4 Å². The minimum absolute atomic E-state index is 0.204. The van der Waals surface area contributed by atoms with Crippen LogP contribution in [0.1, 0.15) is 114 Å². The standard InChI is InChI=1S/C54H62N8O6/c1-9-21-61(49(63)47(33-17-13-11-14-18-33)59-51(65)53(3,4)5)29-43-55-27-39(57-43)35-23-37-31-68-42-26-36(24-38-32-67-41(25-35)45(37)46(38)42)40-28-56-44(58-40)30-62(22-10-2)50(64)48(34-19-15-12-16-20-34)60-52(66)54(6,7)8/h11-20,23-28,47-48H,9-10,21-22,29-32H2,1-8H3,(H,55,57)(H,56,58)(H,59,65)(H,60,66). The van der Waals surface area contributed by atoms with Crippen LogP contribution in [0.4, 0.5) is 0 Å². The predicted molar refractivity (Wildman–Crippen MR) is 261 cm³/mol. The van der Waals surface area contributed by atoms with Gasteiger partial charge in [0.2, 0.25) is 23.6 Å². The smallest absolute Gasteiger partial charge is 0.250 e. The number of amides is 4. The molecule has 0 fully saturated rings. The first kappa shape index (κ1) is 47.3. The summed E-state index contributed by atoms with van der Waals surface area (Å²) in [6.07, 6.45) is 5.00. The van der Waals surface area contributed by atoms with Gasteiger partial charge in [0.05, 0.1) is 36.9 Å². The van der Waals surface area contributed by atoms with Crippen molar-refractivity contribution >= 4 is 23.6 Å². The average molecular weight is 919 g/mol. The number of benzene rings is 4. The number of hydrogen-bond acceptors (Lipinski definition) is 8. The molecule has 2 aliphatic heterocycles. The van der Waals surface area contributed by atoms with Crippen molar-refractivity contribution in [3.63, 3.8) is 0 Å². The Morgan fingerprint density at radius 2 is 0.985 bits per heavy atom. The summed E-state index contributed by atoms with van der Waals surface area (Å²) in [6, 6.07) is 25.2. The highest BCUT2D eigenvalue weighted by molar-refractivity contribution is 5.92. The van der Waals surface area contributed by atoms with Gasteiger partial charge in [-0.2, -0.15) is 0 Å². The summed E-state index contributed by atoms with van der Waals surface area (Å²) < 4.78 is 12.9.